The summed E-state index contributed by atoms with van der Waals surface area (Å²) in [6.45, 7) is 7.47. The third kappa shape index (κ3) is 5.22. The second kappa shape index (κ2) is 10.4. The molecule has 0 aliphatic carbocycles. The van der Waals surface area contributed by atoms with Gasteiger partial charge in [-0.15, -0.1) is 0 Å². The standard InChI is InChI=1S/C28H31N3O3/c1-3-13-29-27(33)21-7-10-24(11-8-21)30-14-16-31(17-15-30)28(34)23-9-12-26(20(2)18-23)22-5-4-6-25(32)19-22/h4-12,18-19,32H,3,13-17H2,1-2H3,(H,29,33). The van der Waals surface area contributed by atoms with Gasteiger partial charge in [0.2, 0.25) is 0 Å². The van der Waals surface area contributed by atoms with Gasteiger partial charge < -0.3 is 20.2 Å². The van der Waals surface area contributed by atoms with E-state index in [9.17, 15) is 14.7 Å². The topological polar surface area (TPSA) is 72.9 Å². The molecule has 4 rings (SSSR count). The molecule has 2 N–H and O–H groups in total. The van der Waals surface area contributed by atoms with E-state index in [2.05, 4.69) is 10.2 Å². The quantitative estimate of drug-likeness (QED) is 0.573. The predicted octanol–water partition coefficient (Wildman–Crippen LogP) is 4.47. The fourth-order valence-electron chi connectivity index (χ4n) is 4.31. The number of piperazine rings is 1. The number of phenolic OH excluding ortho intramolecular Hbond substituents is 1. The lowest BCUT2D eigenvalue weighted by Crippen LogP contribution is -2.48. The van der Waals surface area contributed by atoms with Crippen LogP contribution in [0.15, 0.2) is 66.7 Å². The smallest absolute Gasteiger partial charge is 0.253 e. The van der Waals surface area contributed by atoms with Crippen LogP contribution in [0.2, 0.25) is 0 Å². The van der Waals surface area contributed by atoms with E-state index in [1.54, 1.807) is 12.1 Å². The van der Waals surface area contributed by atoms with Gasteiger partial charge in [0.1, 0.15) is 5.75 Å². The Bertz CT molecular complexity index is 1170. The van der Waals surface area contributed by atoms with Gasteiger partial charge in [0.15, 0.2) is 0 Å². The van der Waals surface area contributed by atoms with Gasteiger partial charge in [-0.3, -0.25) is 9.59 Å². The molecule has 3 aromatic rings. The highest BCUT2D eigenvalue weighted by Gasteiger charge is 2.23. The maximum absolute atomic E-state index is 13.1. The lowest BCUT2D eigenvalue weighted by Gasteiger charge is -2.36. The molecule has 6 nitrogen and oxygen atoms in total. The van der Waals surface area contributed by atoms with Crippen molar-refractivity contribution in [2.45, 2.75) is 20.3 Å². The number of carbonyl (C=O) groups excluding carboxylic acids is 2. The lowest BCUT2D eigenvalue weighted by atomic mass is 9.98. The Hall–Kier alpha value is -3.80. The molecule has 0 unspecified atom stereocenters. The summed E-state index contributed by atoms with van der Waals surface area (Å²) < 4.78 is 0. The van der Waals surface area contributed by atoms with Gasteiger partial charge in [-0.25, -0.2) is 0 Å². The Balaban J connectivity index is 1.37. The Morgan fingerprint density at radius 3 is 2.26 bits per heavy atom. The molecule has 0 spiro atoms. The zero-order chi connectivity index (χ0) is 24.1. The lowest BCUT2D eigenvalue weighted by molar-refractivity contribution is 0.0746. The van der Waals surface area contributed by atoms with Gasteiger partial charge in [-0.1, -0.05) is 25.1 Å². The number of aromatic hydroxyl groups is 1. The third-order valence-corrected chi connectivity index (χ3v) is 6.23. The minimum Gasteiger partial charge on any atom is -0.508 e. The van der Waals surface area contributed by atoms with Crippen LogP contribution in [0.3, 0.4) is 0 Å². The van der Waals surface area contributed by atoms with Crippen LogP contribution in [0, 0.1) is 6.92 Å². The second-order valence-electron chi connectivity index (χ2n) is 8.66. The van der Waals surface area contributed by atoms with E-state index in [-0.39, 0.29) is 17.6 Å². The highest BCUT2D eigenvalue weighted by atomic mass is 16.3. The number of hydrogen-bond donors (Lipinski definition) is 2. The number of nitrogens with one attached hydrogen (secondary N) is 1. The van der Waals surface area contributed by atoms with Crippen molar-refractivity contribution in [2.75, 3.05) is 37.6 Å². The molecule has 1 saturated heterocycles. The Kier molecular flexibility index (Phi) is 7.16. The van der Waals surface area contributed by atoms with E-state index in [4.69, 9.17) is 0 Å². The first kappa shape index (κ1) is 23.4. The average Bonchev–Trinajstić information content (AvgIpc) is 2.87. The Morgan fingerprint density at radius 2 is 1.62 bits per heavy atom. The number of carbonyl (C=O) groups is 2. The highest BCUT2D eigenvalue weighted by Crippen LogP contribution is 2.27. The minimum absolute atomic E-state index is 0.0353. The van der Waals surface area contributed by atoms with E-state index in [1.165, 1.54) is 0 Å². The number of anilines is 1. The zero-order valence-electron chi connectivity index (χ0n) is 19.8. The van der Waals surface area contributed by atoms with Crippen LogP contribution in [0.5, 0.6) is 5.75 Å². The van der Waals surface area contributed by atoms with Crippen LogP contribution < -0.4 is 10.2 Å². The molecule has 1 heterocycles. The molecule has 3 aromatic carbocycles. The molecule has 176 valence electrons. The molecule has 0 radical (unpaired) electrons. The monoisotopic (exact) mass is 457 g/mol. The summed E-state index contributed by atoms with van der Waals surface area (Å²) >= 11 is 0. The first-order valence-corrected chi connectivity index (χ1v) is 11.8. The minimum atomic E-state index is -0.0470. The molecule has 1 aliphatic heterocycles. The first-order valence-electron chi connectivity index (χ1n) is 11.8. The summed E-state index contributed by atoms with van der Waals surface area (Å²) in [5.74, 6) is 0.215. The summed E-state index contributed by atoms with van der Waals surface area (Å²) in [6, 6.07) is 20.5. The number of nitrogens with zero attached hydrogens (tertiary/aromatic N) is 2. The van der Waals surface area contributed by atoms with Gasteiger partial charge in [-0.2, -0.15) is 0 Å². The number of hydrogen-bond acceptors (Lipinski definition) is 4. The van der Waals surface area contributed by atoms with Gasteiger partial charge in [0.05, 0.1) is 0 Å². The van der Waals surface area contributed by atoms with Crippen molar-refractivity contribution in [3.63, 3.8) is 0 Å². The molecular formula is C28H31N3O3. The van der Waals surface area contributed by atoms with Crippen molar-refractivity contribution in [3.05, 3.63) is 83.4 Å². The van der Waals surface area contributed by atoms with E-state index >= 15 is 0 Å². The summed E-state index contributed by atoms with van der Waals surface area (Å²) in [4.78, 5) is 29.4. The van der Waals surface area contributed by atoms with Crippen molar-refractivity contribution in [2.24, 2.45) is 0 Å². The van der Waals surface area contributed by atoms with Gasteiger partial charge in [0.25, 0.3) is 11.8 Å². The summed E-state index contributed by atoms with van der Waals surface area (Å²) in [7, 11) is 0. The average molecular weight is 458 g/mol. The molecular weight excluding hydrogens is 426 g/mol. The summed E-state index contributed by atoms with van der Waals surface area (Å²) in [5, 5.41) is 12.7. The molecule has 0 saturated carbocycles. The van der Waals surface area contributed by atoms with Crippen LogP contribution in [0.1, 0.15) is 39.6 Å². The molecule has 1 fully saturated rings. The highest BCUT2D eigenvalue weighted by molar-refractivity contribution is 5.95. The third-order valence-electron chi connectivity index (χ3n) is 6.23. The van der Waals surface area contributed by atoms with Crippen LogP contribution >= 0.6 is 0 Å². The normalized spacial score (nSPS) is 13.6. The number of benzene rings is 3. The largest absolute Gasteiger partial charge is 0.508 e. The molecule has 1 aliphatic rings. The van der Waals surface area contributed by atoms with E-state index < -0.39 is 0 Å². The van der Waals surface area contributed by atoms with Crippen molar-refractivity contribution in [1.29, 1.82) is 0 Å². The SMILES string of the molecule is CCCNC(=O)c1ccc(N2CCN(C(=O)c3ccc(-c4cccc(O)c4)c(C)c3)CC2)cc1. The Morgan fingerprint density at radius 1 is 0.912 bits per heavy atom. The zero-order valence-corrected chi connectivity index (χ0v) is 19.8. The molecule has 0 atom stereocenters. The fourth-order valence-corrected chi connectivity index (χ4v) is 4.31. The van der Waals surface area contributed by atoms with E-state index in [1.807, 2.05) is 73.3 Å². The van der Waals surface area contributed by atoms with Crippen molar-refractivity contribution < 1.29 is 14.7 Å². The van der Waals surface area contributed by atoms with Gasteiger partial charge in [-0.05, 0) is 78.6 Å². The molecule has 6 heteroatoms. The van der Waals surface area contributed by atoms with Gasteiger partial charge in [0, 0.05) is 49.5 Å². The fraction of sp³-hybridized carbons (Fsp3) is 0.286. The van der Waals surface area contributed by atoms with Gasteiger partial charge >= 0.3 is 0 Å². The van der Waals surface area contributed by atoms with Crippen molar-refractivity contribution in [3.8, 4) is 16.9 Å². The molecule has 0 bridgehead atoms. The first-order chi connectivity index (χ1) is 16.5. The number of aryl methyl sites for hydroxylation is 1. The predicted molar refractivity (Wildman–Crippen MR) is 135 cm³/mol. The number of rotatable bonds is 6. The summed E-state index contributed by atoms with van der Waals surface area (Å²) in [6.07, 6.45) is 0.911. The number of phenols is 1. The second-order valence-corrected chi connectivity index (χ2v) is 8.66. The van der Waals surface area contributed by atoms with Crippen molar-refractivity contribution in [1.82, 2.24) is 10.2 Å². The van der Waals surface area contributed by atoms with E-state index in [0.29, 0.717) is 30.8 Å². The number of amides is 2. The van der Waals surface area contributed by atoms with Crippen LogP contribution in [0.4, 0.5) is 5.69 Å². The maximum atomic E-state index is 13.1. The molecule has 34 heavy (non-hydrogen) atoms. The Labute approximate surface area is 200 Å². The summed E-state index contributed by atoms with van der Waals surface area (Å²) in [5.41, 5.74) is 5.33. The van der Waals surface area contributed by atoms with Crippen LogP contribution in [0.25, 0.3) is 11.1 Å². The molecule has 2 amide bonds. The van der Waals surface area contributed by atoms with Crippen LogP contribution in [-0.2, 0) is 0 Å². The van der Waals surface area contributed by atoms with Crippen molar-refractivity contribution >= 4 is 17.5 Å². The van der Waals surface area contributed by atoms with Crippen LogP contribution in [-0.4, -0.2) is 54.5 Å². The maximum Gasteiger partial charge on any atom is 0.253 e. The van der Waals surface area contributed by atoms with E-state index in [0.717, 1.165) is 41.9 Å². The molecule has 0 aromatic heterocycles.